The molecule has 0 spiro atoms. The van der Waals surface area contributed by atoms with Crippen molar-refractivity contribution in [1.29, 1.82) is 0 Å². The van der Waals surface area contributed by atoms with Gasteiger partial charge in [0.25, 0.3) is 0 Å². The monoisotopic (exact) mass is 1040 g/mol. The maximum absolute atomic E-state index is 12.1. The van der Waals surface area contributed by atoms with E-state index in [-0.39, 0.29) is 17.2 Å². The second-order valence-corrected chi connectivity index (χ2v) is 17.3. The van der Waals surface area contributed by atoms with Crippen LogP contribution in [0.25, 0.3) is 36.5 Å². The molecule has 0 radical (unpaired) electrons. The SMILES string of the molecule is CCCCCCCOc1ccc(C=Cc2ccc(OC(F)F)cc2)cc1.CCCCCCOc1ccc(C=Cc2ccc(OC(F)F)cc2)cc1.CCCCCOc1ccc(C=Cc2ccc(OC(F)F)cc2)cc1. The smallest absolute Gasteiger partial charge is 0.387 e. The summed E-state index contributed by atoms with van der Waals surface area (Å²) < 4.78 is 103. The van der Waals surface area contributed by atoms with E-state index in [0.29, 0.717) is 0 Å². The summed E-state index contributed by atoms with van der Waals surface area (Å²) in [6, 6.07) is 43.3. The molecule has 0 saturated carbocycles. The van der Waals surface area contributed by atoms with Gasteiger partial charge in [0.15, 0.2) is 0 Å². The molecule has 0 aliphatic rings. The number of unbranched alkanes of at least 4 members (excludes halogenated alkanes) is 9. The molecule has 0 aliphatic heterocycles. The molecule has 0 bridgehead atoms. The highest BCUT2D eigenvalue weighted by Gasteiger charge is 2.06. The molecule has 0 heterocycles. The molecule has 0 fully saturated rings. The lowest BCUT2D eigenvalue weighted by Gasteiger charge is -2.06. The number of alkyl halides is 6. The first kappa shape index (κ1) is 60.5. The number of hydrogen-bond acceptors (Lipinski definition) is 6. The molecule has 6 aromatic carbocycles. The summed E-state index contributed by atoms with van der Waals surface area (Å²) in [7, 11) is 0. The summed E-state index contributed by atoms with van der Waals surface area (Å²) >= 11 is 0. The van der Waals surface area contributed by atoms with E-state index in [2.05, 4.69) is 35.0 Å². The zero-order chi connectivity index (χ0) is 53.7. The Hall–Kier alpha value is -7.08. The molecule has 0 N–H and O–H groups in total. The molecule has 402 valence electrons. The maximum atomic E-state index is 12.1. The maximum Gasteiger partial charge on any atom is 0.387 e. The molecular formula is C63H72F6O6. The van der Waals surface area contributed by atoms with Crippen molar-refractivity contribution in [2.75, 3.05) is 19.8 Å². The average molecular weight is 1040 g/mol. The summed E-state index contributed by atoms with van der Waals surface area (Å²) in [6.07, 6.45) is 26.0. The Morgan fingerprint density at radius 2 is 0.453 bits per heavy atom. The Balaban J connectivity index is 0.000000244. The predicted molar refractivity (Wildman–Crippen MR) is 294 cm³/mol. The van der Waals surface area contributed by atoms with Crippen molar-refractivity contribution in [1.82, 2.24) is 0 Å². The van der Waals surface area contributed by atoms with Crippen LogP contribution in [0.1, 0.15) is 131 Å². The third-order valence-electron chi connectivity index (χ3n) is 11.2. The minimum absolute atomic E-state index is 0.159. The molecule has 0 amide bonds. The number of ether oxygens (including phenoxy) is 6. The fourth-order valence-electron chi connectivity index (χ4n) is 7.04. The summed E-state index contributed by atoms with van der Waals surface area (Å²) in [5.41, 5.74) is 5.89. The second-order valence-electron chi connectivity index (χ2n) is 17.3. The average Bonchev–Trinajstić information content (AvgIpc) is 3.41. The molecule has 0 aliphatic carbocycles. The number of benzene rings is 6. The van der Waals surface area contributed by atoms with E-state index in [1.807, 2.05) is 109 Å². The van der Waals surface area contributed by atoms with Gasteiger partial charge in [-0.2, -0.15) is 26.3 Å². The van der Waals surface area contributed by atoms with E-state index in [0.717, 1.165) is 89.7 Å². The van der Waals surface area contributed by atoms with Gasteiger partial charge in [0.2, 0.25) is 0 Å². The van der Waals surface area contributed by atoms with Crippen LogP contribution >= 0.6 is 0 Å². The minimum atomic E-state index is -2.80. The number of rotatable bonds is 30. The van der Waals surface area contributed by atoms with Gasteiger partial charge in [-0.25, -0.2) is 0 Å². The van der Waals surface area contributed by atoms with Crippen LogP contribution in [0.4, 0.5) is 26.3 Å². The summed E-state index contributed by atoms with van der Waals surface area (Å²) in [5, 5.41) is 0. The molecule has 0 aromatic heterocycles. The van der Waals surface area contributed by atoms with Crippen LogP contribution in [-0.2, 0) is 0 Å². The lowest BCUT2D eigenvalue weighted by Crippen LogP contribution is -2.01. The van der Waals surface area contributed by atoms with Gasteiger partial charge in [0, 0.05) is 0 Å². The standard InChI is InChI=1S/C22H26F2O2.C21H24F2O2.C20H22F2O2/c1-2-3-4-5-6-17-25-20-13-9-18(10-14-20)7-8-19-11-15-21(16-12-19)26-22(23)24;1-2-3-4-5-16-24-19-12-8-17(9-13-19)6-7-18-10-14-20(15-11-18)25-21(22)23;1-2-3-4-15-23-18-11-7-16(8-12-18)5-6-17-9-13-19(14-10-17)24-20(21)22/h7-16,22H,2-6,17H2,1H3;6-15,21H,2-5,16H2,1H3;5-14,20H,2-4,15H2,1H3. The summed E-state index contributed by atoms with van der Waals surface area (Å²) in [5.74, 6) is 3.11. The van der Waals surface area contributed by atoms with E-state index in [4.69, 9.17) is 14.2 Å². The second kappa shape index (κ2) is 36.8. The van der Waals surface area contributed by atoms with Crippen molar-refractivity contribution in [2.24, 2.45) is 0 Å². The van der Waals surface area contributed by atoms with Crippen molar-refractivity contribution >= 4 is 36.5 Å². The van der Waals surface area contributed by atoms with Gasteiger partial charge in [-0.05, 0) is 125 Å². The van der Waals surface area contributed by atoms with Crippen molar-refractivity contribution in [2.45, 2.75) is 118 Å². The van der Waals surface area contributed by atoms with Crippen LogP contribution in [0.5, 0.6) is 34.5 Å². The Labute approximate surface area is 440 Å². The van der Waals surface area contributed by atoms with Gasteiger partial charge in [0.05, 0.1) is 19.8 Å². The van der Waals surface area contributed by atoms with E-state index < -0.39 is 19.8 Å². The number of halogens is 6. The molecule has 6 aromatic rings. The summed E-state index contributed by atoms with van der Waals surface area (Å²) in [6.45, 7) is 0.434. The third-order valence-corrected chi connectivity index (χ3v) is 11.2. The molecule has 75 heavy (non-hydrogen) atoms. The molecular weight excluding hydrogens is 967 g/mol. The van der Waals surface area contributed by atoms with Gasteiger partial charge in [-0.15, -0.1) is 0 Å². The van der Waals surface area contributed by atoms with Crippen LogP contribution in [0.3, 0.4) is 0 Å². The molecule has 0 saturated heterocycles. The van der Waals surface area contributed by atoms with Crippen LogP contribution < -0.4 is 28.4 Å². The van der Waals surface area contributed by atoms with Gasteiger partial charge in [-0.1, -0.05) is 188 Å². The first-order valence-corrected chi connectivity index (χ1v) is 25.9. The van der Waals surface area contributed by atoms with Crippen LogP contribution in [0.15, 0.2) is 146 Å². The molecule has 0 atom stereocenters. The van der Waals surface area contributed by atoms with Crippen molar-refractivity contribution < 1.29 is 54.8 Å². The highest BCUT2D eigenvalue weighted by atomic mass is 19.3. The van der Waals surface area contributed by atoms with Crippen molar-refractivity contribution in [3.63, 3.8) is 0 Å². The van der Waals surface area contributed by atoms with Gasteiger partial charge < -0.3 is 28.4 Å². The van der Waals surface area contributed by atoms with Crippen molar-refractivity contribution in [3.8, 4) is 34.5 Å². The Morgan fingerprint density at radius 1 is 0.267 bits per heavy atom. The van der Waals surface area contributed by atoms with E-state index in [9.17, 15) is 26.3 Å². The van der Waals surface area contributed by atoms with Gasteiger partial charge >= 0.3 is 19.8 Å². The molecule has 6 rings (SSSR count). The van der Waals surface area contributed by atoms with E-state index >= 15 is 0 Å². The van der Waals surface area contributed by atoms with Crippen molar-refractivity contribution in [3.05, 3.63) is 179 Å². The van der Waals surface area contributed by atoms with Crippen LogP contribution in [0.2, 0.25) is 0 Å². The molecule has 0 unspecified atom stereocenters. The molecule has 6 nitrogen and oxygen atoms in total. The number of hydrogen-bond donors (Lipinski definition) is 0. The van der Waals surface area contributed by atoms with Gasteiger partial charge in [-0.3, -0.25) is 0 Å². The Kier molecular flexibility index (Phi) is 29.7. The minimum Gasteiger partial charge on any atom is -0.494 e. The Bertz CT molecular complexity index is 2460. The lowest BCUT2D eigenvalue weighted by atomic mass is 10.1. The fraction of sp³-hybridized carbons (Fsp3) is 0.333. The predicted octanol–water partition coefficient (Wildman–Crippen LogP) is 19.3. The highest BCUT2D eigenvalue weighted by molar-refractivity contribution is 5.72. The quantitative estimate of drug-likeness (QED) is 0.0255. The fourth-order valence-corrected chi connectivity index (χ4v) is 7.04. The first-order valence-electron chi connectivity index (χ1n) is 25.9. The normalized spacial score (nSPS) is 11.2. The topological polar surface area (TPSA) is 55.4 Å². The van der Waals surface area contributed by atoms with Crippen LogP contribution in [0, 0.1) is 0 Å². The third kappa shape index (κ3) is 27.7. The molecule has 12 heteroatoms. The first-order chi connectivity index (χ1) is 36.5. The van der Waals surface area contributed by atoms with Crippen LogP contribution in [-0.4, -0.2) is 39.7 Å². The largest absolute Gasteiger partial charge is 0.494 e. The zero-order valence-electron chi connectivity index (χ0n) is 43.4. The van der Waals surface area contributed by atoms with Gasteiger partial charge in [0.1, 0.15) is 34.5 Å². The van der Waals surface area contributed by atoms with E-state index in [1.54, 1.807) is 36.4 Å². The van der Waals surface area contributed by atoms with E-state index in [1.165, 1.54) is 94.2 Å². The summed E-state index contributed by atoms with van der Waals surface area (Å²) in [4.78, 5) is 0. The zero-order valence-corrected chi connectivity index (χ0v) is 43.4. The lowest BCUT2D eigenvalue weighted by molar-refractivity contribution is -0.0505. The highest BCUT2D eigenvalue weighted by Crippen LogP contribution is 2.22. The Morgan fingerprint density at radius 3 is 0.680 bits per heavy atom.